The maximum atomic E-state index is 13.2. The van der Waals surface area contributed by atoms with E-state index in [1.54, 1.807) is 54.6 Å². The third kappa shape index (κ3) is 3.66. The van der Waals surface area contributed by atoms with Gasteiger partial charge >= 0.3 is 5.97 Å². The number of benzene rings is 2. The number of hydrogen-bond donors (Lipinski definition) is 2. The minimum absolute atomic E-state index is 0.00913. The first-order valence-corrected chi connectivity index (χ1v) is 12.5. The molecular formula is C25H31NO5S. The fourth-order valence-electron chi connectivity index (χ4n) is 5.56. The molecule has 5 atom stereocenters. The largest absolute Gasteiger partial charge is 0.458 e. The monoisotopic (exact) mass is 457 g/mol. The van der Waals surface area contributed by atoms with Crippen molar-refractivity contribution in [3.8, 4) is 0 Å². The van der Waals surface area contributed by atoms with Crippen molar-refractivity contribution >= 4 is 16.0 Å². The molecule has 6 nitrogen and oxygen atoms in total. The molecule has 0 unspecified atom stereocenters. The first kappa shape index (κ1) is 23.0. The van der Waals surface area contributed by atoms with Crippen LogP contribution >= 0.6 is 0 Å². The van der Waals surface area contributed by atoms with E-state index in [4.69, 9.17) is 4.74 Å². The molecular weight excluding hydrogens is 426 g/mol. The van der Waals surface area contributed by atoms with E-state index in [1.165, 1.54) is 0 Å². The van der Waals surface area contributed by atoms with Gasteiger partial charge in [0.15, 0.2) is 6.10 Å². The van der Waals surface area contributed by atoms with Crippen molar-refractivity contribution in [1.82, 2.24) is 4.72 Å². The number of sulfonamides is 1. The maximum Gasteiger partial charge on any atom is 0.339 e. The van der Waals surface area contributed by atoms with Crippen LogP contribution in [0.4, 0.5) is 0 Å². The zero-order chi connectivity index (χ0) is 23.3. The Hall–Kier alpha value is -2.22. The number of nitrogens with one attached hydrogen (secondary N) is 1. The number of aliphatic hydroxyl groups is 1. The Bertz CT molecular complexity index is 1100. The molecule has 2 aromatic carbocycles. The van der Waals surface area contributed by atoms with Gasteiger partial charge in [0.1, 0.15) is 6.10 Å². The van der Waals surface area contributed by atoms with Crippen LogP contribution in [-0.4, -0.2) is 31.6 Å². The topological polar surface area (TPSA) is 92.7 Å². The molecule has 0 aliphatic heterocycles. The summed E-state index contributed by atoms with van der Waals surface area (Å²) in [4.78, 5) is 13.0. The van der Waals surface area contributed by atoms with Crippen molar-refractivity contribution in [2.75, 3.05) is 0 Å². The predicted molar refractivity (Wildman–Crippen MR) is 121 cm³/mol. The fraction of sp³-hybridized carbons (Fsp3) is 0.480. The number of rotatable bonds is 6. The molecule has 2 aromatic rings. The van der Waals surface area contributed by atoms with Gasteiger partial charge in [-0.1, -0.05) is 68.8 Å². The average molecular weight is 458 g/mol. The lowest BCUT2D eigenvalue weighted by Crippen LogP contribution is -2.53. The van der Waals surface area contributed by atoms with Crippen molar-refractivity contribution in [3.05, 3.63) is 65.7 Å². The van der Waals surface area contributed by atoms with Crippen LogP contribution in [0.3, 0.4) is 0 Å². The molecule has 7 heteroatoms. The summed E-state index contributed by atoms with van der Waals surface area (Å²) in [6.45, 7) is 8.19. The number of esters is 1. The highest BCUT2D eigenvalue weighted by molar-refractivity contribution is 7.89. The molecule has 2 N–H and O–H groups in total. The van der Waals surface area contributed by atoms with E-state index in [0.29, 0.717) is 5.56 Å². The molecule has 0 amide bonds. The average Bonchev–Trinajstić information content (AvgIpc) is 3.07. The van der Waals surface area contributed by atoms with Gasteiger partial charge in [-0.3, -0.25) is 0 Å². The minimum atomic E-state index is -3.82. The SMILES string of the molecule is Cc1ccc(S(=O)(=O)N[C@@H]2[C@H](OC(=O)[C@H](O)c3ccccc3)[C@H]3CC[C@]2(C)C3(C)C)cc1. The Morgan fingerprint density at radius 2 is 1.72 bits per heavy atom. The van der Waals surface area contributed by atoms with Crippen molar-refractivity contribution in [2.45, 2.75) is 63.7 Å². The van der Waals surface area contributed by atoms with Crippen LogP contribution in [0.2, 0.25) is 0 Å². The quantitative estimate of drug-likeness (QED) is 0.645. The Morgan fingerprint density at radius 3 is 2.34 bits per heavy atom. The van der Waals surface area contributed by atoms with Crippen molar-refractivity contribution in [3.63, 3.8) is 0 Å². The highest BCUT2D eigenvalue weighted by atomic mass is 32.2. The number of carbonyl (C=O) groups is 1. The lowest BCUT2D eigenvalue weighted by molar-refractivity contribution is -0.164. The summed E-state index contributed by atoms with van der Waals surface area (Å²) < 4.78 is 35.2. The molecule has 0 saturated heterocycles. The Labute approximate surface area is 190 Å². The second-order valence-electron chi connectivity index (χ2n) is 9.91. The van der Waals surface area contributed by atoms with Gasteiger partial charge in [0.25, 0.3) is 0 Å². The lowest BCUT2D eigenvalue weighted by atomic mass is 9.69. The van der Waals surface area contributed by atoms with Crippen LogP contribution in [0.15, 0.2) is 59.5 Å². The highest BCUT2D eigenvalue weighted by Gasteiger charge is 2.68. The molecule has 2 fully saturated rings. The van der Waals surface area contributed by atoms with E-state index in [-0.39, 0.29) is 16.2 Å². The summed E-state index contributed by atoms with van der Waals surface area (Å²) in [6.07, 6.45) is -0.400. The molecule has 172 valence electrons. The zero-order valence-corrected chi connectivity index (χ0v) is 19.7. The van der Waals surface area contributed by atoms with Gasteiger partial charge in [-0.15, -0.1) is 0 Å². The van der Waals surface area contributed by atoms with Crippen LogP contribution in [0, 0.1) is 23.7 Å². The summed E-state index contributed by atoms with van der Waals surface area (Å²) in [5, 5.41) is 10.5. The van der Waals surface area contributed by atoms with Crippen LogP contribution in [0.5, 0.6) is 0 Å². The molecule has 2 aliphatic carbocycles. The smallest absolute Gasteiger partial charge is 0.339 e. The number of ether oxygens (including phenoxy) is 1. The van der Waals surface area contributed by atoms with Gasteiger partial charge in [0.05, 0.1) is 10.9 Å². The van der Waals surface area contributed by atoms with Crippen molar-refractivity contribution < 1.29 is 23.1 Å². The second kappa shape index (κ2) is 7.97. The normalized spacial score (nSPS) is 29.6. The number of carbonyl (C=O) groups excluding carboxylic acids is 1. The van der Waals surface area contributed by atoms with Gasteiger partial charge in [-0.25, -0.2) is 17.9 Å². The minimum Gasteiger partial charge on any atom is -0.458 e. The van der Waals surface area contributed by atoms with Crippen LogP contribution in [0.25, 0.3) is 0 Å². The van der Waals surface area contributed by atoms with Crippen LogP contribution in [0.1, 0.15) is 50.8 Å². The van der Waals surface area contributed by atoms with Gasteiger partial charge in [-0.05, 0) is 48.3 Å². The number of aliphatic hydroxyl groups excluding tert-OH is 1. The summed E-state index contributed by atoms with van der Waals surface area (Å²) in [7, 11) is -3.82. The standard InChI is InChI=1S/C25H31NO5S/c1-16-10-12-18(13-11-16)32(29,30)26-22-21(19-14-15-25(22,4)24(19,2)3)31-23(28)20(27)17-8-6-5-7-9-17/h5-13,19-22,26-27H,14-15H2,1-4H3/t19-,20-,21-,22-,25+/m1/s1. The van der Waals surface area contributed by atoms with Gasteiger partial charge in [0.2, 0.25) is 10.0 Å². The summed E-state index contributed by atoms with van der Waals surface area (Å²) in [6, 6.07) is 14.7. The molecule has 2 saturated carbocycles. The molecule has 0 radical (unpaired) electrons. The van der Waals surface area contributed by atoms with Crippen LogP contribution in [-0.2, 0) is 19.6 Å². The second-order valence-corrected chi connectivity index (χ2v) is 11.6. The van der Waals surface area contributed by atoms with Gasteiger partial charge in [0, 0.05) is 5.92 Å². The van der Waals surface area contributed by atoms with Gasteiger partial charge < -0.3 is 9.84 Å². The third-order valence-electron chi connectivity index (χ3n) is 7.99. The number of fused-ring (bicyclic) bond motifs is 2. The number of hydrogen-bond acceptors (Lipinski definition) is 5. The van der Waals surface area contributed by atoms with E-state index in [0.717, 1.165) is 18.4 Å². The van der Waals surface area contributed by atoms with Crippen molar-refractivity contribution in [2.24, 2.45) is 16.7 Å². The summed E-state index contributed by atoms with van der Waals surface area (Å²) >= 11 is 0. The molecule has 0 aromatic heterocycles. The van der Waals surface area contributed by atoms with E-state index in [2.05, 4.69) is 25.5 Å². The Balaban J connectivity index is 1.63. The Kier molecular flexibility index (Phi) is 5.72. The Morgan fingerprint density at radius 1 is 1.09 bits per heavy atom. The summed E-state index contributed by atoms with van der Waals surface area (Å²) in [5.41, 5.74) is 0.787. The van der Waals surface area contributed by atoms with Gasteiger partial charge in [-0.2, -0.15) is 0 Å². The first-order chi connectivity index (χ1) is 15.0. The number of aryl methyl sites for hydroxylation is 1. The highest BCUT2D eigenvalue weighted by Crippen LogP contribution is 2.66. The van der Waals surface area contributed by atoms with Crippen molar-refractivity contribution in [1.29, 1.82) is 0 Å². The molecule has 32 heavy (non-hydrogen) atoms. The fourth-order valence-corrected chi connectivity index (χ4v) is 6.92. The molecule has 2 bridgehead atoms. The summed E-state index contributed by atoms with van der Waals surface area (Å²) in [5.74, 6) is -0.766. The van der Waals surface area contributed by atoms with Crippen LogP contribution < -0.4 is 4.72 Å². The third-order valence-corrected chi connectivity index (χ3v) is 9.45. The first-order valence-electron chi connectivity index (χ1n) is 11.0. The molecule has 0 heterocycles. The predicted octanol–water partition coefficient (Wildman–Crippen LogP) is 3.74. The molecule has 2 aliphatic rings. The van der Waals surface area contributed by atoms with E-state index in [1.807, 2.05) is 6.92 Å². The van der Waals surface area contributed by atoms with E-state index in [9.17, 15) is 18.3 Å². The maximum absolute atomic E-state index is 13.2. The zero-order valence-electron chi connectivity index (χ0n) is 18.9. The lowest BCUT2D eigenvalue weighted by Gasteiger charge is -2.40. The molecule has 4 rings (SSSR count). The molecule has 0 spiro atoms. The van der Waals surface area contributed by atoms with E-state index >= 15 is 0 Å². The van der Waals surface area contributed by atoms with E-state index < -0.39 is 39.7 Å².